The van der Waals surface area contributed by atoms with Gasteiger partial charge < -0.3 is 24.0 Å². The molecule has 0 spiro atoms. The van der Waals surface area contributed by atoms with Crippen LogP contribution in [0.15, 0.2) is 12.1 Å². The summed E-state index contributed by atoms with van der Waals surface area (Å²) in [5.41, 5.74) is -0.788. The van der Waals surface area contributed by atoms with Crippen LogP contribution in [0, 0.1) is 11.3 Å². The first-order valence-electron chi connectivity index (χ1n) is 8.78. The van der Waals surface area contributed by atoms with Gasteiger partial charge in [-0.25, -0.2) is 0 Å². The van der Waals surface area contributed by atoms with Crippen molar-refractivity contribution in [2.75, 3.05) is 20.3 Å². The van der Waals surface area contributed by atoms with Crippen molar-refractivity contribution in [2.24, 2.45) is 0 Å². The molecular formula is C19H27BNO5. The van der Waals surface area contributed by atoms with Gasteiger partial charge in [-0.1, -0.05) is 0 Å². The lowest BCUT2D eigenvalue weighted by Gasteiger charge is -2.37. The molecule has 1 aliphatic rings. The monoisotopic (exact) mass is 360 g/mol. The minimum atomic E-state index is -1.03. The molecule has 1 fully saturated rings. The molecular weight excluding hydrogens is 333 g/mol. The summed E-state index contributed by atoms with van der Waals surface area (Å²) in [5, 5.41) is 19.7. The van der Waals surface area contributed by atoms with Crippen molar-refractivity contribution in [3.8, 4) is 17.6 Å². The highest BCUT2D eigenvalue weighted by atomic mass is 16.5. The highest BCUT2D eigenvalue weighted by Gasteiger charge is 2.36. The lowest BCUT2D eigenvalue weighted by Crippen LogP contribution is -2.49. The second kappa shape index (κ2) is 8.30. The summed E-state index contributed by atoms with van der Waals surface area (Å²) in [4.78, 5) is 0. The third kappa shape index (κ3) is 4.91. The molecule has 0 aromatic heterocycles. The van der Waals surface area contributed by atoms with Gasteiger partial charge in [-0.15, -0.1) is 0 Å². The van der Waals surface area contributed by atoms with Crippen molar-refractivity contribution in [2.45, 2.75) is 57.8 Å². The fraction of sp³-hybridized carbons (Fsp3) is 0.632. The molecule has 0 amide bonds. The maximum atomic E-state index is 10.2. The lowest BCUT2D eigenvalue weighted by molar-refractivity contribution is -0.0893. The van der Waals surface area contributed by atoms with Gasteiger partial charge in [0.15, 0.2) is 11.5 Å². The summed E-state index contributed by atoms with van der Waals surface area (Å²) in [7, 11) is 3.07. The van der Waals surface area contributed by atoms with Crippen molar-refractivity contribution in [1.29, 1.82) is 5.26 Å². The molecule has 1 heterocycles. The average molecular weight is 360 g/mol. The number of hydrogen-bond donors (Lipinski definition) is 1. The van der Waals surface area contributed by atoms with Crippen molar-refractivity contribution in [3.05, 3.63) is 17.7 Å². The molecule has 2 rings (SSSR count). The molecule has 0 bridgehead atoms. The van der Waals surface area contributed by atoms with Gasteiger partial charge in [-0.2, -0.15) is 5.26 Å². The van der Waals surface area contributed by atoms with Crippen LogP contribution in [0.25, 0.3) is 0 Å². The van der Waals surface area contributed by atoms with E-state index >= 15 is 0 Å². The number of rotatable bonds is 7. The van der Waals surface area contributed by atoms with Gasteiger partial charge in [-0.05, 0) is 45.3 Å². The Morgan fingerprint density at radius 3 is 2.42 bits per heavy atom. The van der Waals surface area contributed by atoms with Crippen LogP contribution in [0.4, 0.5) is 0 Å². The van der Waals surface area contributed by atoms with E-state index in [4.69, 9.17) is 18.9 Å². The van der Waals surface area contributed by atoms with Crippen LogP contribution in [-0.4, -0.2) is 50.2 Å². The first kappa shape index (κ1) is 20.6. The fourth-order valence-electron chi connectivity index (χ4n) is 2.37. The zero-order chi connectivity index (χ0) is 19.4. The second-order valence-corrected chi connectivity index (χ2v) is 7.45. The molecule has 1 aliphatic heterocycles. The lowest BCUT2D eigenvalue weighted by atomic mass is 9.82. The molecule has 0 aliphatic carbocycles. The van der Waals surface area contributed by atoms with Crippen molar-refractivity contribution in [3.63, 3.8) is 0 Å². The Hall–Kier alpha value is -1.75. The van der Waals surface area contributed by atoms with Crippen LogP contribution in [0.2, 0.25) is 0 Å². The maximum Gasteiger partial charge on any atom is 0.331 e. The summed E-state index contributed by atoms with van der Waals surface area (Å²) in [6, 6.07) is 5.62. The van der Waals surface area contributed by atoms with E-state index < -0.39 is 11.2 Å². The molecule has 6 nitrogen and oxygen atoms in total. The largest absolute Gasteiger partial charge is 0.493 e. The standard InChI is InChI=1S/C19H27BNO5/c1-18(2,22)19(3,4)26-20-14-10-13(12-21)17(16(11-14)23-5)25-15-6-8-24-9-7-15/h10-11,15,22H,6-9H2,1-5H3. The Bertz CT molecular complexity index is 657. The first-order valence-corrected chi connectivity index (χ1v) is 8.78. The second-order valence-electron chi connectivity index (χ2n) is 7.45. The third-order valence-corrected chi connectivity index (χ3v) is 4.83. The Kier molecular flexibility index (Phi) is 6.56. The van der Waals surface area contributed by atoms with Gasteiger partial charge >= 0.3 is 7.48 Å². The van der Waals surface area contributed by atoms with Crippen LogP contribution in [0.3, 0.4) is 0 Å². The molecule has 0 atom stereocenters. The third-order valence-electron chi connectivity index (χ3n) is 4.83. The number of aliphatic hydroxyl groups is 1. The fourth-order valence-corrected chi connectivity index (χ4v) is 2.37. The molecule has 26 heavy (non-hydrogen) atoms. The summed E-state index contributed by atoms with van der Waals surface area (Å²) in [6.07, 6.45) is 1.57. The van der Waals surface area contributed by atoms with Crippen LogP contribution in [-0.2, 0) is 9.39 Å². The number of methoxy groups -OCH3 is 1. The van der Waals surface area contributed by atoms with Gasteiger partial charge in [0, 0.05) is 12.8 Å². The SMILES string of the molecule is COc1cc([B]OC(C)(C)C(C)(C)O)cc(C#N)c1OC1CCOCC1. The van der Waals surface area contributed by atoms with E-state index in [1.807, 2.05) is 0 Å². The van der Waals surface area contributed by atoms with Gasteiger partial charge in [0.2, 0.25) is 0 Å². The first-order chi connectivity index (χ1) is 12.2. The van der Waals surface area contributed by atoms with E-state index in [1.165, 1.54) is 7.48 Å². The molecule has 141 valence electrons. The normalized spacial score (nSPS) is 16.0. The Morgan fingerprint density at radius 2 is 1.88 bits per heavy atom. The zero-order valence-corrected chi connectivity index (χ0v) is 16.2. The number of ether oxygens (including phenoxy) is 3. The van der Waals surface area contributed by atoms with Gasteiger partial charge in [0.1, 0.15) is 12.2 Å². The van der Waals surface area contributed by atoms with E-state index in [0.717, 1.165) is 12.8 Å². The molecule has 0 saturated carbocycles. The minimum absolute atomic E-state index is 0.00458. The van der Waals surface area contributed by atoms with E-state index in [2.05, 4.69) is 6.07 Å². The van der Waals surface area contributed by atoms with E-state index in [1.54, 1.807) is 46.9 Å². The minimum Gasteiger partial charge on any atom is -0.493 e. The highest BCUT2D eigenvalue weighted by Crippen LogP contribution is 2.32. The topological polar surface area (TPSA) is 80.9 Å². The van der Waals surface area contributed by atoms with Crippen molar-refractivity contribution in [1.82, 2.24) is 0 Å². The Labute approximate surface area is 156 Å². The van der Waals surface area contributed by atoms with Crippen LogP contribution in [0.5, 0.6) is 11.5 Å². The molecule has 7 heteroatoms. The summed E-state index contributed by atoms with van der Waals surface area (Å²) in [5.74, 6) is 0.923. The molecule has 1 aromatic carbocycles. The Morgan fingerprint density at radius 1 is 1.23 bits per heavy atom. The summed E-state index contributed by atoms with van der Waals surface area (Å²) < 4.78 is 22.6. The molecule has 1 radical (unpaired) electrons. The van der Waals surface area contributed by atoms with E-state index in [9.17, 15) is 10.4 Å². The average Bonchev–Trinajstić information content (AvgIpc) is 2.60. The molecule has 1 aromatic rings. The van der Waals surface area contributed by atoms with Crippen LogP contribution < -0.4 is 14.9 Å². The number of hydrogen-bond acceptors (Lipinski definition) is 6. The van der Waals surface area contributed by atoms with Crippen molar-refractivity contribution < 1.29 is 24.0 Å². The maximum absolute atomic E-state index is 10.2. The number of nitriles is 1. The van der Waals surface area contributed by atoms with Gasteiger partial charge in [0.05, 0.1) is 37.1 Å². The van der Waals surface area contributed by atoms with Crippen molar-refractivity contribution >= 4 is 12.9 Å². The predicted molar refractivity (Wildman–Crippen MR) is 99.0 cm³/mol. The Balaban J connectivity index is 2.21. The highest BCUT2D eigenvalue weighted by molar-refractivity contribution is 6.47. The van der Waals surface area contributed by atoms with Gasteiger partial charge in [0.25, 0.3) is 0 Å². The number of benzene rings is 1. The van der Waals surface area contributed by atoms with Crippen LogP contribution in [0.1, 0.15) is 46.1 Å². The van der Waals surface area contributed by atoms with E-state index in [-0.39, 0.29) is 6.10 Å². The number of nitrogens with zero attached hydrogens (tertiary/aromatic N) is 1. The summed E-state index contributed by atoms with van der Waals surface area (Å²) in [6.45, 7) is 8.28. The van der Waals surface area contributed by atoms with E-state index in [0.29, 0.717) is 35.7 Å². The quantitative estimate of drug-likeness (QED) is 0.749. The van der Waals surface area contributed by atoms with Crippen LogP contribution >= 0.6 is 0 Å². The summed E-state index contributed by atoms with van der Waals surface area (Å²) >= 11 is 0. The molecule has 1 saturated heterocycles. The smallest absolute Gasteiger partial charge is 0.331 e. The predicted octanol–water partition coefficient (Wildman–Crippen LogP) is 1.94. The molecule has 0 unspecified atom stereocenters. The molecule has 1 N–H and O–H groups in total. The zero-order valence-electron chi connectivity index (χ0n) is 16.2. The van der Waals surface area contributed by atoms with Gasteiger partial charge in [-0.3, -0.25) is 0 Å².